The number of fused-ring (bicyclic) bond motifs is 1. The molecule has 22 heavy (non-hydrogen) atoms. The smallest absolute Gasteiger partial charge is 0.306 e. The lowest BCUT2D eigenvalue weighted by Crippen LogP contribution is -2.24. The van der Waals surface area contributed by atoms with Gasteiger partial charge in [-0.05, 0) is 17.0 Å². The van der Waals surface area contributed by atoms with Gasteiger partial charge in [0.05, 0.1) is 11.9 Å². The van der Waals surface area contributed by atoms with Gasteiger partial charge in [0, 0.05) is 5.39 Å². The number of amides is 2. The summed E-state index contributed by atoms with van der Waals surface area (Å²) < 4.78 is 0. The Hall–Kier alpha value is -3.14. The van der Waals surface area contributed by atoms with Gasteiger partial charge in [-0.3, -0.25) is 0 Å². The van der Waals surface area contributed by atoms with Gasteiger partial charge in [0.15, 0.2) is 0 Å². The maximum atomic E-state index is 11.9. The summed E-state index contributed by atoms with van der Waals surface area (Å²) in [5.41, 5.74) is 4.14. The number of carbonyl (C=O) groups is 1. The summed E-state index contributed by atoms with van der Waals surface area (Å²) in [6, 6.07) is 22.9. The molecule has 3 rings (SSSR count). The largest absolute Gasteiger partial charge is 0.339 e. The fourth-order valence-corrected chi connectivity index (χ4v) is 2.19. The van der Waals surface area contributed by atoms with Crippen LogP contribution in [-0.2, 0) is 0 Å². The van der Waals surface area contributed by atoms with Crippen LogP contribution < -0.4 is 10.7 Å². The molecule has 3 aromatic rings. The minimum absolute atomic E-state index is 0.372. The first-order valence-electron chi connectivity index (χ1n) is 6.96. The fraction of sp³-hybridized carbons (Fsp3) is 0. The molecule has 108 valence electrons. The zero-order valence-electron chi connectivity index (χ0n) is 11.9. The molecule has 4 heteroatoms. The molecule has 0 atom stereocenters. The Morgan fingerprint density at radius 1 is 0.864 bits per heavy atom. The van der Waals surface area contributed by atoms with Gasteiger partial charge in [-0.2, -0.15) is 5.10 Å². The van der Waals surface area contributed by atoms with Crippen molar-refractivity contribution in [3.05, 3.63) is 78.4 Å². The highest BCUT2D eigenvalue weighted by atomic mass is 16.2. The quantitative estimate of drug-likeness (QED) is 0.556. The Labute approximate surface area is 128 Å². The lowest BCUT2D eigenvalue weighted by atomic mass is 10.1. The highest BCUT2D eigenvalue weighted by molar-refractivity contribution is 6.01. The number of nitrogens with one attached hydrogen (secondary N) is 2. The Morgan fingerprint density at radius 2 is 1.59 bits per heavy atom. The summed E-state index contributed by atoms with van der Waals surface area (Å²) in [4.78, 5) is 11.9. The van der Waals surface area contributed by atoms with Gasteiger partial charge < -0.3 is 5.32 Å². The average Bonchev–Trinajstić information content (AvgIpc) is 2.56. The van der Waals surface area contributed by atoms with Gasteiger partial charge in [-0.1, -0.05) is 66.7 Å². The molecular weight excluding hydrogens is 274 g/mol. The van der Waals surface area contributed by atoms with Gasteiger partial charge in [0.25, 0.3) is 0 Å². The van der Waals surface area contributed by atoms with Crippen LogP contribution in [0.25, 0.3) is 10.8 Å². The summed E-state index contributed by atoms with van der Waals surface area (Å²) in [5.74, 6) is 0. The molecule has 0 aliphatic rings. The van der Waals surface area contributed by atoms with E-state index in [1.165, 1.54) is 0 Å². The number of urea groups is 1. The Bertz CT molecular complexity index is 807. The van der Waals surface area contributed by atoms with E-state index < -0.39 is 0 Å². The molecule has 0 radical (unpaired) electrons. The van der Waals surface area contributed by atoms with Crippen LogP contribution in [0.1, 0.15) is 5.56 Å². The van der Waals surface area contributed by atoms with E-state index in [1.807, 2.05) is 72.8 Å². The van der Waals surface area contributed by atoms with Crippen LogP contribution in [0.2, 0.25) is 0 Å². The van der Waals surface area contributed by atoms with Crippen molar-refractivity contribution in [3.8, 4) is 0 Å². The molecule has 0 bridgehead atoms. The Kier molecular flexibility index (Phi) is 4.11. The number of hydrogen-bond donors (Lipinski definition) is 2. The predicted molar refractivity (Wildman–Crippen MR) is 90.1 cm³/mol. The molecule has 0 unspecified atom stereocenters. The van der Waals surface area contributed by atoms with E-state index in [-0.39, 0.29) is 6.03 Å². The third-order valence-electron chi connectivity index (χ3n) is 3.22. The van der Waals surface area contributed by atoms with Gasteiger partial charge in [0.2, 0.25) is 0 Å². The van der Waals surface area contributed by atoms with E-state index in [2.05, 4.69) is 15.8 Å². The van der Waals surface area contributed by atoms with E-state index in [0.29, 0.717) is 0 Å². The predicted octanol–water partition coefficient (Wildman–Crippen LogP) is 4.00. The third kappa shape index (κ3) is 3.30. The van der Waals surface area contributed by atoms with Crippen LogP contribution in [-0.4, -0.2) is 12.2 Å². The first-order chi connectivity index (χ1) is 10.8. The molecule has 4 nitrogen and oxygen atoms in total. The Balaban J connectivity index is 1.67. The number of anilines is 1. The number of rotatable bonds is 3. The van der Waals surface area contributed by atoms with Crippen molar-refractivity contribution >= 4 is 28.7 Å². The molecule has 0 spiro atoms. The van der Waals surface area contributed by atoms with Crippen LogP contribution in [0.4, 0.5) is 10.5 Å². The second-order valence-electron chi connectivity index (χ2n) is 4.76. The minimum atomic E-state index is -0.372. The summed E-state index contributed by atoms with van der Waals surface area (Å²) in [6.45, 7) is 0. The van der Waals surface area contributed by atoms with E-state index in [1.54, 1.807) is 6.21 Å². The summed E-state index contributed by atoms with van der Waals surface area (Å²) in [6.07, 6.45) is 1.60. The standard InChI is InChI=1S/C18H15N3O/c22-18(21-19-13-14-7-2-1-3-8-14)20-17-12-6-10-15-9-4-5-11-16(15)17/h1-13H,(H2,20,21,22). The maximum Gasteiger partial charge on any atom is 0.339 e. The van der Waals surface area contributed by atoms with Crippen molar-refractivity contribution in [1.82, 2.24) is 5.43 Å². The summed E-state index contributed by atoms with van der Waals surface area (Å²) >= 11 is 0. The normalized spacial score (nSPS) is 10.7. The number of nitrogens with zero attached hydrogens (tertiary/aromatic N) is 1. The lowest BCUT2D eigenvalue weighted by Gasteiger charge is -2.07. The molecule has 0 aliphatic heterocycles. The van der Waals surface area contributed by atoms with Crippen LogP contribution in [0.15, 0.2) is 77.9 Å². The van der Waals surface area contributed by atoms with Gasteiger partial charge >= 0.3 is 6.03 Å². The number of carbonyl (C=O) groups excluding carboxylic acids is 1. The first-order valence-corrected chi connectivity index (χ1v) is 6.96. The Morgan fingerprint density at radius 3 is 2.45 bits per heavy atom. The molecular formula is C18H15N3O. The topological polar surface area (TPSA) is 53.5 Å². The molecule has 3 aromatic carbocycles. The van der Waals surface area contributed by atoms with Crippen LogP contribution >= 0.6 is 0 Å². The van der Waals surface area contributed by atoms with Crippen molar-refractivity contribution in [3.63, 3.8) is 0 Å². The average molecular weight is 289 g/mol. The van der Waals surface area contributed by atoms with Gasteiger partial charge in [-0.15, -0.1) is 0 Å². The highest BCUT2D eigenvalue weighted by Crippen LogP contribution is 2.22. The zero-order valence-corrected chi connectivity index (χ0v) is 11.9. The van der Waals surface area contributed by atoms with E-state index in [9.17, 15) is 4.79 Å². The fourth-order valence-electron chi connectivity index (χ4n) is 2.19. The molecule has 0 saturated carbocycles. The molecule has 2 amide bonds. The van der Waals surface area contributed by atoms with E-state index in [4.69, 9.17) is 0 Å². The molecule has 0 fully saturated rings. The summed E-state index contributed by atoms with van der Waals surface area (Å²) in [7, 11) is 0. The molecule has 0 aromatic heterocycles. The van der Waals surface area contributed by atoms with Gasteiger partial charge in [-0.25, -0.2) is 10.2 Å². The van der Waals surface area contributed by atoms with Crippen molar-refractivity contribution in [2.75, 3.05) is 5.32 Å². The molecule has 0 saturated heterocycles. The first kappa shape index (κ1) is 13.8. The van der Waals surface area contributed by atoms with Crippen molar-refractivity contribution < 1.29 is 4.79 Å². The van der Waals surface area contributed by atoms with Crippen LogP contribution in [0.5, 0.6) is 0 Å². The van der Waals surface area contributed by atoms with Gasteiger partial charge in [0.1, 0.15) is 0 Å². The molecule has 0 aliphatic carbocycles. The van der Waals surface area contributed by atoms with Crippen LogP contribution in [0.3, 0.4) is 0 Å². The van der Waals surface area contributed by atoms with Crippen molar-refractivity contribution in [2.24, 2.45) is 5.10 Å². The third-order valence-corrected chi connectivity index (χ3v) is 3.22. The second kappa shape index (κ2) is 6.54. The van der Waals surface area contributed by atoms with Crippen molar-refractivity contribution in [1.29, 1.82) is 0 Å². The minimum Gasteiger partial charge on any atom is -0.306 e. The monoisotopic (exact) mass is 289 g/mol. The van der Waals surface area contributed by atoms with E-state index >= 15 is 0 Å². The number of hydrazone groups is 1. The summed E-state index contributed by atoms with van der Waals surface area (Å²) in [5, 5.41) is 8.81. The zero-order chi connectivity index (χ0) is 15.2. The lowest BCUT2D eigenvalue weighted by molar-refractivity contribution is 0.252. The molecule has 2 N–H and O–H groups in total. The highest BCUT2D eigenvalue weighted by Gasteiger charge is 2.03. The molecule has 0 heterocycles. The van der Waals surface area contributed by atoms with E-state index in [0.717, 1.165) is 22.0 Å². The van der Waals surface area contributed by atoms with Crippen LogP contribution in [0, 0.1) is 0 Å². The second-order valence-corrected chi connectivity index (χ2v) is 4.76. The number of benzene rings is 3. The SMILES string of the molecule is O=C(NN=Cc1ccccc1)Nc1cccc2ccccc12. The maximum absolute atomic E-state index is 11.9. The number of hydrogen-bond acceptors (Lipinski definition) is 2. The van der Waals surface area contributed by atoms with Crippen molar-refractivity contribution in [2.45, 2.75) is 0 Å².